The van der Waals surface area contributed by atoms with Crippen LogP contribution in [-0.4, -0.2) is 120 Å². The molecule has 0 aromatic carbocycles. The summed E-state index contributed by atoms with van der Waals surface area (Å²) in [5, 5.41) is 76.3. The molecule has 0 amide bonds. The standard InChI is InChI=1S/C38H60O13/c1-18(40)51-33(2,3)13-12-25(43)38(9,48)30-22(42)15-35(6)24-11-10-19-20(37(24,8)26(44)16-36(30,35)7)14-21(41)31(34(19,4)5)50-32-29(47)28(46)27(45)23(17-39)49-32/h10,20-24,27-32,39,41-42,45-48H,11-17H2,1-9H3/t20-,21-,22+,23+,24-,27+,28-,29+,30+,31+,32-,35-,36+,37-,38-/m0/s1. The Hall–Kier alpha value is -1.81. The van der Waals surface area contributed by atoms with E-state index >= 15 is 0 Å². The summed E-state index contributed by atoms with van der Waals surface area (Å²) in [6.07, 6.45) is -7.59. The van der Waals surface area contributed by atoms with E-state index in [0.29, 0.717) is 6.42 Å². The maximum atomic E-state index is 14.7. The normalized spacial score (nSPS) is 46.2. The molecule has 0 spiro atoms. The molecular weight excluding hydrogens is 664 g/mol. The summed E-state index contributed by atoms with van der Waals surface area (Å²) in [5.41, 5.74) is -5.51. The molecule has 13 nitrogen and oxygen atoms in total. The third-order valence-corrected chi connectivity index (χ3v) is 14.3. The van der Waals surface area contributed by atoms with Gasteiger partial charge in [-0.05, 0) is 69.1 Å². The first-order chi connectivity index (χ1) is 23.3. The van der Waals surface area contributed by atoms with E-state index < -0.39 is 112 Å². The minimum absolute atomic E-state index is 0.00565. The van der Waals surface area contributed by atoms with E-state index in [0.717, 1.165) is 5.57 Å². The Bertz CT molecular complexity index is 1420. The molecule has 0 unspecified atom stereocenters. The van der Waals surface area contributed by atoms with Gasteiger partial charge in [0.1, 0.15) is 41.4 Å². The second-order valence-corrected chi connectivity index (χ2v) is 18.2. The molecule has 0 radical (unpaired) electrons. The van der Waals surface area contributed by atoms with Crippen molar-refractivity contribution in [2.45, 2.75) is 161 Å². The molecule has 0 bridgehead atoms. The lowest BCUT2D eigenvalue weighted by atomic mass is 9.38. The molecule has 1 aliphatic heterocycles. The number of esters is 1. The molecule has 5 aliphatic rings. The fourth-order valence-electron chi connectivity index (χ4n) is 11.4. The quantitative estimate of drug-likeness (QED) is 0.132. The Morgan fingerprint density at radius 3 is 2.18 bits per heavy atom. The van der Waals surface area contributed by atoms with Gasteiger partial charge in [0.15, 0.2) is 12.1 Å². The van der Waals surface area contributed by atoms with Crippen LogP contribution in [0.3, 0.4) is 0 Å². The second kappa shape index (κ2) is 13.2. The molecule has 0 aromatic rings. The number of allylic oxidation sites excluding steroid dienone is 1. The summed E-state index contributed by atoms with van der Waals surface area (Å²) in [6, 6.07) is 0. The van der Waals surface area contributed by atoms with Gasteiger partial charge in [0.25, 0.3) is 0 Å². The molecule has 4 aliphatic carbocycles. The average Bonchev–Trinajstić information content (AvgIpc) is 3.22. The van der Waals surface area contributed by atoms with Crippen molar-refractivity contribution in [1.82, 2.24) is 0 Å². The van der Waals surface area contributed by atoms with Gasteiger partial charge in [0.2, 0.25) is 0 Å². The summed E-state index contributed by atoms with van der Waals surface area (Å²) in [6.45, 7) is 15.1. The van der Waals surface area contributed by atoms with Crippen LogP contribution >= 0.6 is 0 Å². The van der Waals surface area contributed by atoms with Crippen molar-refractivity contribution in [1.29, 1.82) is 0 Å². The van der Waals surface area contributed by atoms with Gasteiger partial charge in [0.05, 0.1) is 24.9 Å². The Balaban J connectivity index is 1.44. The first kappa shape index (κ1) is 40.4. The largest absolute Gasteiger partial charge is 0.460 e. The molecule has 3 saturated carbocycles. The summed E-state index contributed by atoms with van der Waals surface area (Å²) in [5.74, 6) is -2.70. The van der Waals surface area contributed by atoms with Gasteiger partial charge in [-0.2, -0.15) is 0 Å². The molecule has 1 heterocycles. The molecular formula is C38H60O13. The number of Topliss-reactive ketones (excluding diaryl/α,β-unsaturated/α-hetero) is 2. The highest BCUT2D eigenvalue weighted by molar-refractivity contribution is 5.90. The maximum absolute atomic E-state index is 14.7. The van der Waals surface area contributed by atoms with Crippen LogP contribution in [0.15, 0.2) is 11.6 Å². The van der Waals surface area contributed by atoms with Crippen molar-refractivity contribution in [3.8, 4) is 0 Å². The number of hydrogen-bond acceptors (Lipinski definition) is 13. The van der Waals surface area contributed by atoms with Gasteiger partial charge in [-0.3, -0.25) is 14.4 Å². The number of rotatable bonds is 9. The minimum atomic E-state index is -1.97. The minimum Gasteiger partial charge on any atom is -0.460 e. The van der Waals surface area contributed by atoms with E-state index in [1.165, 1.54) is 13.8 Å². The molecule has 1 saturated heterocycles. The number of ketones is 2. The lowest BCUT2D eigenvalue weighted by Crippen LogP contribution is -2.66. The van der Waals surface area contributed by atoms with Crippen molar-refractivity contribution in [2.75, 3.05) is 6.61 Å². The van der Waals surface area contributed by atoms with Crippen LogP contribution < -0.4 is 0 Å². The van der Waals surface area contributed by atoms with E-state index in [1.54, 1.807) is 13.8 Å². The maximum Gasteiger partial charge on any atom is 0.303 e. The highest BCUT2D eigenvalue weighted by Gasteiger charge is 2.74. The van der Waals surface area contributed by atoms with E-state index in [-0.39, 0.29) is 43.8 Å². The molecule has 290 valence electrons. The van der Waals surface area contributed by atoms with E-state index in [9.17, 15) is 50.1 Å². The number of hydrogen-bond donors (Lipinski definition) is 7. The number of ether oxygens (including phenoxy) is 3. The molecule has 5 rings (SSSR count). The lowest BCUT2D eigenvalue weighted by molar-refractivity contribution is -0.327. The van der Waals surface area contributed by atoms with Gasteiger partial charge in [-0.1, -0.05) is 46.3 Å². The highest BCUT2D eigenvalue weighted by atomic mass is 16.7. The zero-order valence-electron chi connectivity index (χ0n) is 31.5. The van der Waals surface area contributed by atoms with E-state index in [1.807, 2.05) is 34.6 Å². The monoisotopic (exact) mass is 724 g/mol. The molecule has 0 aromatic heterocycles. The summed E-state index contributed by atoms with van der Waals surface area (Å²) in [7, 11) is 0. The van der Waals surface area contributed by atoms with Crippen molar-refractivity contribution in [3.05, 3.63) is 11.6 Å². The Kier molecular flexibility index (Phi) is 10.4. The zero-order valence-corrected chi connectivity index (χ0v) is 31.5. The first-order valence-electron chi connectivity index (χ1n) is 18.3. The van der Waals surface area contributed by atoms with Crippen LogP contribution in [0.1, 0.15) is 101 Å². The Morgan fingerprint density at radius 2 is 1.59 bits per heavy atom. The van der Waals surface area contributed by atoms with Gasteiger partial charge in [0, 0.05) is 36.5 Å². The van der Waals surface area contributed by atoms with Crippen LogP contribution in [-0.2, 0) is 28.6 Å². The van der Waals surface area contributed by atoms with Crippen LogP contribution in [0.25, 0.3) is 0 Å². The van der Waals surface area contributed by atoms with Crippen molar-refractivity contribution >= 4 is 17.5 Å². The molecule has 13 heteroatoms. The fourth-order valence-corrected chi connectivity index (χ4v) is 11.4. The topological polar surface area (TPSA) is 221 Å². The molecule has 4 fully saturated rings. The average molecular weight is 725 g/mol. The van der Waals surface area contributed by atoms with Gasteiger partial charge < -0.3 is 50.0 Å². The van der Waals surface area contributed by atoms with Crippen LogP contribution in [0, 0.1) is 39.4 Å². The van der Waals surface area contributed by atoms with Crippen LogP contribution in [0.2, 0.25) is 0 Å². The van der Waals surface area contributed by atoms with Crippen molar-refractivity contribution in [3.63, 3.8) is 0 Å². The number of fused-ring (bicyclic) bond motifs is 5. The van der Waals surface area contributed by atoms with Crippen LogP contribution in [0.4, 0.5) is 0 Å². The van der Waals surface area contributed by atoms with Crippen molar-refractivity contribution in [2.24, 2.45) is 39.4 Å². The van der Waals surface area contributed by atoms with Crippen LogP contribution in [0.5, 0.6) is 0 Å². The Morgan fingerprint density at radius 1 is 0.961 bits per heavy atom. The van der Waals surface area contributed by atoms with E-state index in [4.69, 9.17) is 14.2 Å². The highest BCUT2D eigenvalue weighted by Crippen LogP contribution is 2.74. The molecule has 15 atom stereocenters. The van der Waals surface area contributed by atoms with Crippen molar-refractivity contribution < 1.29 is 64.3 Å². The first-order valence-corrected chi connectivity index (χ1v) is 18.3. The van der Waals surface area contributed by atoms with Gasteiger partial charge in [-0.25, -0.2) is 0 Å². The Labute approximate surface area is 300 Å². The molecule has 7 N–H and O–H groups in total. The van der Waals surface area contributed by atoms with Gasteiger partial charge in [-0.15, -0.1) is 0 Å². The smallest absolute Gasteiger partial charge is 0.303 e. The molecule has 51 heavy (non-hydrogen) atoms. The SMILES string of the molecule is CC(=O)OC(C)(C)CCC(=O)[C@](C)(O)[C@@H]1[C@H](O)C[C@@]2(C)[C@@H]3CC=C4[C@H](C[C@H](O)[C@@H](O[C@@H]5O[C@H](CO)[C@@H](O)[C@H](O)[C@H]5O)C4(C)C)[C@]3(C)C(=O)C[C@]12C. The summed E-state index contributed by atoms with van der Waals surface area (Å²) < 4.78 is 17.1. The third-order valence-electron chi connectivity index (χ3n) is 14.3. The second-order valence-electron chi connectivity index (χ2n) is 18.2. The summed E-state index contributed by atoms with van der Waals surface area (Å²) >= 11 is 0. The third kappa shape index (κ3) is 6.16. The predicted molar refractivity (Wildman–Crippen MR) is 181 cm³/mol. The van der Waals surface area contributed by atoms with Gasteiger partial charge >= 0.3 is 5.97 Å². The van der Waals surface area contributed by atoms with E-state index in [2.05, 4.69) is 6.08 Å². The number of aliphatic hydroxyl groups excluding tert-OH is 6. The zero-order chi connectivity index (χ0) is 38.4. The fraction of sp³-hybridized carbons (Fsp3) is 0.868. The lowest BCUT2D eigenvalue weighted by Gasteiger charge is -2.65. The summed E-state index contributed by atoms with van der Waals surface area (Å²) in [4.78, 5) is 40.0. The number of aliphatic hydroxyl groups is 7. The predicted octanol–water partition coefficient (Wildman–Crippen LogP) is 1.34. The number of carbonyl (C=O) groups is 3. The number of carbonyl (C=O) groups excluding carboxylic acids is 3.